The maximum atomic E-state index is 12.2. The summed E-state index contributed by atoms with van der Waals surface area (Å²) in [6, 6.07) is 0.433. The fraction of sp³-hybridized carbons (Fsp3) is 0.867. The van der Waals surface area contributed by atoms with E-state index in [4.69, 9.17) is 0 Å². The highest BCUT2D eigenvalue weighted by atomic mass is 32.2. The fourth-order valence-corrected chi connectivity index (χ4v) is 3.97. The van der Waals surface area contributed by atoms with Gasteiger partial charge >= 0.3 is 0 Å². The molecular formula is C15H26N2O2S. The lowest BCUT2D eigenvalue weighted by Gasteiger charge is -2.36. The van der Waals surface area contributed by atoms with Crippen molar-refractivity contribution in [2.24, 2.45) is 5.92 Å². The molecule has 114 valence electrons. The van der Waals surface area contributed by atoms with E-state index in [-0.39, 0.29) is 5.12 Å². The average Bonchev–Trinajstić information content (AvgIpc) is 2.79. The van der Waals surface area contributed by atoms with E-state index in [9.17, 15) is 9.59 Å². The third-order valence-electron chi connectivity index (χ3n) is 4.30. The van der Waals surface area contributed by atoms with Gasteiger partial charge in [-0.2, -0.15) is 0 Å². The highest BCUT2D eigenvalue weighted by Crippen LogP contribution is 2.27. The number of hydrogen-bond donors (Lipinski definition) is 0. The van der Waals surface area contributed by atoms with Gasteiger partial charge in [-0.15, -0.1) is 0 Å². The van der Waals surface area contributed by atoms with Crippen LogP contribution in [0, 0.1) is 5.92 Å². The molecule has 0 radical (unpaired) electrons. The first-order valence-electron chi connectivity index (χ1n) is 7.75. The molecular weight excluding hydrogens is 272 g/mol. The van der Waals surface area contributed by atoms with Crippen molar-refractivity contribution in [1.82, 2.24) is 9.80 Å². The van der Waals surface area contributed by atoms with E-state index in [0.717, 1.165) is 38.2 Å². The summed E-state index contributed by atoms with van der Waals surface area (Å²) in [7, 11) is 0. The SMILES string of the molecule is CCCN1CCC(N2CC(CSC(C)=O)CC2=O)CC1. The second kappa shape index (κ2) is 7.46. The summed E-state index contributed by atoms with van der Waals surface area (Å²) >= 11 is 1.36. The molecule has 1 amide bonds. The highest BCUT2D eigenvalue weighted by molar-refractivity contribution is 8.13. The molecule has 2 aliphatic rings. The Morgan fingerprint density at radius 2 is 2.05 bits per heavy atom. The van der Waals surface area contributed by atoms with E-state index in [1.54, 1.807) is 6.92 Å². The number of amides is 1. The van der Waals surface area contributed by atoms with Crippen LogP contribution >= 0.6 is 11.8 Å². The first-order valence-corrected chi connectivity index (χ1v) is 8.74. The first kappa shape index (κ1) is 15.8. The van der Waals surface area contributed by atoms with Gasteiger partial charge < -0.3 is 9.80 Å². The fourth-order valence-electron chi connectivity index (χ4n) is 3.28. The summed E-state index contributed by atoms with van der Waals surface area (Å²) in [5.41, 5.74) is 0. The summed E-state index contributed by atoms with van der Waals surface area (Å²) in [6.07, 6.45) is 4.06. The number of carbonyl (C=O) groups is 2. The van der Waals surface area contributed by atoms with Crippen LogP contribution in [0.1, 0.15) is 39.5 Å². The molecule has 0 spiro atoms. The number of nitrogens with zero attached hydrogens (tertiary/aromatic N) is 2. The predicted octanol–water partition coefficient (Wildman–Crippen LogP) is 1.99. The van der Waals surface area contributed by atoms with E-state index in [1.807, 2.05) is 0 Å². The van der Waals surface area contributed by atoms with Crippen LogP contribution in [0.3, 0.4) is 0 Å². The van der Waals surface area contributed by atoms with Crippen LogP contribution in [0.4, 0.5) is 0 Å². The molecule has 1 atom stereocenters. The van der Waals surface area contributed by atoms with Gasteiger partial charge in [-0.25, -0.2) is 0 Å². The molecule has 1 unspecified atom stereocenters. The third-order valence-corrected chi connectivity index (χ3v) is 5.34. The van der Waals surface area contributed by atoms with Crippen molar-refractivity contribution in [2.45, 2.75) is 45.6 Å². The van der Waals surface area contributed by atoms with Gasteiger partial charge in [0.25, 0.3) is 0 Å². The van der Waals surface area contributed by atoms with Gasteiger partial charge in [0.2, 0.25) is 5.91 Å². The smallest absolute Gasteiger partial charge is 0.223 e. The predicted molar refractivity (Wildman–Crippen MR) is 82.7 cm³/mol. The molecule has 5 heteroatoms. The minimum Gasteiger partial charge on any atom is -0.339 e. The number of likely N-dealkylation sites (tertiary alicyclic amines) is 2. The lowest BCUT2D eigenvalue weighted by molar-refractivity contribution is -0.130. The molecule has 2 saturated heterocycles. The second-order valence-electron chi connectivity index (χ2n) is 5.99. The van der Waals surface area contributed by atoms with Crippen molar-refractivity contribution >= 4 is 22.8 Å². The summed E-state index contributed by atoms with van der Waals surface area (Å²) < 4.78 is 0. The lowest BCUT2D eigenvalue weighted by Crippen LogP contribution is -2.45. The molecule has 4 nitrogen and oxygen atoms in total. The van der Waals surface area contributed by atoms with E-state index in [1.165, 1.54) is 24.7 Å². The average molecular weight is 298 g/mol. The molecule has 20 heavy (non-hydrogen) atoms. The number of thioether (sulfide) groups is 1. The van der Waals surface area contributed by atoms with Gasteiger partial charge in [-0.05, 0) is 31.7 Å². The van der Waals surface area contributed by atoms with Crippen LogP contribution in [0.5, 0.6) is 0 Å². The number of carbonyl (C=O) groups excluding carboxylic acids is 2. The van der Waals surface area contributed by atoms with Crippen LogP contribution in [0.15, 0.2) is 0 Å². The maximum absolute atomic E-state index is 12.2. The molecule has 0 aromatic heterocycles. The first-order chi connectivity index (χ1) is 9.60. The zero-order valence-electron chi connectivity index (χ0n) is 12.6. The maximum Gasteiger partial charge on any atom is 0.223 e. The number of hydrogen-bond acceptors (Lipinski definition) is 4. The van der Waals surface area contributed by atoms with Crippen LogP contribution < -0.4 is 0 Å². The normalized spacial score (nSPS) is 25.4. The monoisotopic (exact) mass is 298 g/mol. The molecule has 0 aromatic carbocycles. The molecule has 0 aliphatic carbocycles. The van der Waals surface area contributed by atoms with Crippen LogP contribution in [-0.4, -0.2) is 58.8 Å². The quantitative estimate of drug-likeness (QED) is 0.778. The standard InChI is InChI=1S/C15H26N2O2S/c1-3-6-16-7-4-14(5-8-16)17-10-13(9-15(17)19)11-20-12(2)18/h13-14H,3-11H2,1-2H3. The van der Waals surface area contributed by atoms with Gasteiger partial charge in [0.05, 0.1) is 0 Å². The molecule has 2 rings (SSSR count). The van der Waals surface area contributed by atoms with Gasteiger partial charge in [-0.1, -0.05) is 18.7 Å². The van der Waals surface area contributed by atoms with Crippen LogP contribution in [0.2, 0.25) is 0 Å². The zero-order chi connectivity index (χ0) is 14.5. The Hall–Kier alpha value is -0.550. The highest BCUT2D eigenvalue weighted by Gasteiger charge is 2.35. The van der Waals surface area contributed by atoms with Crippen molar-refractivity contribution < 1.29 is 9.59 Å². The number of piperidine rings is 1. The largest absolute Gasteiger partial charge is 0.339 e. The summed E-state index contributed by atoms with van der Waals surface area (Å²) in [5, 5.41) is 0.156. The minimum atomic E-state index is 0.156. The van der Waals surface area contributed by atoms with Crippen molar-refractivity contribution in [3.63, 3.8) is 0 Å². The van der Waals surface area contributed by atoms with E-state index in [0.29, 0.717) is 24.3 Å². The lowest BCUT2D eigenvalue weighted by atomic mass is 10.0. The van der Waals surface area contributed by atoms with Gasteiger partial charge in [0.1, 0.15) is 0 Å². The van der Waals surface area contributed by atoms with Crippen molar-refractivity contribution in [1.29, 1.82) is 0 Å². The molecule has 2 heterocycles. The van der Waals surface area contributed by atoms with Crippen molar-refractivity contribution in [3.8, 4) is 0 Å². The number of rotatable bonds is 5. The molecule has 2 fully saturated rings. The topological polar surface area (TPSA) is 40.6 Å². The Kier molecular flexibility index (Phi) is 5.90. The van der Waals surface area contributed by atoms with Crippen LogP contribution in [0.25, 0.3) is 0 Å². The zero-order valence-corrected chi connectivity index (χ0v) is 13.5. The van der Waals surface area contributed by atoms with Crippen LogP contribution in [-0.2, 0) is 9.59 Å². The Morgan fingerprint density at radius 3 is 2.65 bits per heavy atom. The molecule has 0 N–H and O–H groups in total. The van der Waals surface area contributed by atoms with E-state index < -0.39 is 0 Å². The molecule has 0 aromatic rings. The Bertz CT molecular complexity index is 354. The van der Waals surface area contributed by atoms with E-state index >= 15 is 0 Å². The Morgan fingerprint density at radius 1 is 1.35 bits per heavy atom. The molecule has 2 aliphatic heterocycles. The summed E-state index contributed by atoms with van der Waals surface area (Å²) in [5.74, 6) is 1.46. The Balaban J connectivity index is 1.79. The second-order valence-corrected chi connectivity index (χ2v) is 7.19. The molecule has 0 saturated carbocycles. The minimum absolute atomic E-state index is 0.156. The Labute approximate surface area is 126 Å². The third kappa shape index (κ3) is 4.22. The summed E-state index contributed by atoms with van der Waals surface area (Å²) in [4.78, 5) is 27.8. The van der Waals surface area contributed by atoms with E-state index in [2.05, 4.69) is 16.7 Å². The molecule has 0 bridgehead atoms. The van der Waals surface area contributed by atoms with Crippen molar-refractivity contribution in [3.05, 3.63) is 0 Å². The van der Waals surface area contributed by atoms with Gasteiger partial charge in [-0.3, -0.25) is 9.59 Å². The van der Waals surface area contributed by atoms with Crippen molar-refractivity contribution in [2.75, 3.05) is 31.9 Å². The van der Waals surface area contributed by atoms with Gasteiger partial charge in [0, 0.05) is 44.8 Å². The summed E-state index contributed by atoms with van der Waals surface area (Å²) in [6.45, 7) is 8.09. The van der Waals surface area contributed by atoms with Gasteiger partial charge in [0.15, 0.2) is 5.12 Å².